The van der Waals surface area contributed by atoms with Gasteiger partial charge in [0, 0.05) is 41.7 Å². The van der Waals surface area contributed by atoms with Crippen molar-refractivity contribution < 1.29 is 27.5 Å². The number of carbonyl (C=O) groups is 2. The zero-order chi connectivity index (χ0) is 36.8. The van der Waals surface area contributed by atoms with Gasteiger partial charge < -0.3 is 19.3 Å². The summed E-state index contributed by atoms with van der Waals surface area (Å²) in [6.45, 7) is 17.7. The van der Waals surface area contributed by atoms with Crippen LogP contribution in [0.2, 0.25) is 0 Å². The fraction of sp³-hybridized carbons (Fsp3) is 0.538. The quantitative estimate of drug-likeness (QED) is 0.267. The van der Waals surface area contributed by atoms with E-state index >= 15 is 0 Å². The van der Waals surface area contributed by atoms with Crippen molar-refractivity contribution >= 4 is 28.0 Å². The van der Waals surface area contributed by atoms with Crippen LogP contribution in [-0.4, -0.2) is 78.1 Å². The number of rotatable bonds is 7. The molecule has 3 aromatic rings. The van der Waals surface area contributed by atoms with Crippen LogP contribution in [0, 0.1) is 11.3 Å². The molecule has 274 valence electrons. The molecule has 3 heterocycles. The first kappa shape index (κ1) is 36.6. The SMILES string of the molecule is CC(C)C[C@@H]1COc2cc(-c3c(C(C)C)cccc3C(C)C)nc(n2)NS(=O)(=O)c2cccc(c2)C(=O)N1C1CC2(C1)CN(C(=O)OC(C)C)C2. The highest BCUT2D eigenvalue weighted by molar-refractivity contribution is 7.92. The minimum atomic E-state index is -4.18. The predicted octanol–water partition coefficient (Wildman–Crippen LogP) is 7.45. The number of amides is 2. The average Bonchev–Trinajstić information content (AvgIpc) is 3.02. The third kappa shape index (κ3) is 7.56. The highest BCUT2D eigenvalue weighted by atomic mass is 32.2. The molecule has 1 aliphatic carbocycles. The van der Waals surface area contributed by atoms with Gasteiger partial charge >= 0.3 is 6.09 Å². The maximum Gasteiger partial charge on any atom is 0.410 e. The van der Waals surface area contributed by atoms with Crippen LogP contribution in [-0.2, 0) is 14.8 Å². The summed E-state index contributed by atoms with van der Waals surface area (Å²) in [6, 6.07) is 13.7. The third-order valence-electron chi connectivity index (χ3n) is 10.1. The smallest absolute Gasteiger partial charge is 0.410 e. The fourth-order valence-corrected chi connectivity index (χ4v) is 8.81. The number of nitrogens with one attached hydrogen (secondary N) is 1. The molecule has 1 saturated carbocycles. The summed E-state index contributed by atoms with van der Waals surface area (Å²) in [5.41, 5.74) is 3.88. The van der Waals surface area contributed by atoms with E-state index < -0.39 is 10.0 Å². The number of carbonyl (C=O) groups excluding carboxylic acids is 2. The van der Waals surface area contributed by atoms with Crippen LogP contribution >= 0.6 is 0 Å². The van der Waals surface area contributed by atoms with Gasteiger partial charge in [-0.25, -0.2) is 22.9 Å². The number of aromatic nitrogens is 2. The molecular formula is C39H51N5O6S. The van der Waals surface area contributed by atoms with Crippen LogP contribution < -0.4 is 9.46 Å². The van der Waals surface area contributed by atoms with E-state index in [0.29, 0.717) is 25.2 Å². The molecule has 4 bridgehead atoms. The molecule has 2 amide bonds. The lowest BCUT2D eigenvalue weighted by Gasteiger charge is -2.61. The van der Waals surface area contributed by atoms with Crippen molar-refractivity contribution in [2.24, 2.45) is 11.3 Å². The molecule has 6 rings (SSSR count). The largest absolute Gasteiger partial charge is 0.475 e. The second-order valence-electron chi connectivity index (χ2n) is 15.8. The molecule has 1 aromatic heterocycles. The Bertz CT molecular complexity index is 1870. The molecule has 12 heteroatoms. The second-order valence-corrected chi connectivity index (χ2v) is 17.5. The second kappa shape index (κ2) is 14.1. The number of hydrogen-bond donors (Lipinski definition) is 1. The van der Waals surface area contributed by atoms with Crippen LogP contribution in [0.15, 0.2) is 53.4 Å². The molecular weight excluding hydrogens is 667 g/mol. The first-order valence-electron chi connectivity index (χ1n) is 18.1. The lowest BCUT2D eigenvalue weighted by Crippen LogP contribution is -2.69. The number of sulfonamides is 1. The Labute approximate surface area is 302 Å². The van der Waals surface area contributed by atoms with Crippen LogP contribution in [0.4, 0.5) is 10.7 Å². The van der Waals surface area contributed by atoms with E-state index in [1.165, 1.54) is 12.1 Å². The predicted molar refractivity (Wildman–Crippen MR) is 196 cm³/mol. The van der Waals surface area contributed by atoms with E-state index in [-0.39, 0.29) is 82.3 Å². The summed E-state index contributed by atoms with van der Waals surface area (Å²) in [4.78, 5) is 39.9. The number of ether oxygens (including phenoxy) is 2. The number of likely N-dealkylation sites (tertiary alicyclic amines) is 1. The molecule has 51 heavy (non-hydrogen) atoms. The van der Waals surface area contributed by atoms with E-state index in [1.54, 1.807) is 23.1 Å². The van der Waals surface area contributed by atoms with Crippen molar-refractivity contribution in [3.05, 3.63) is 65.2 Å². The zero-order valence-electron chi connectivity index (χ0n) is 31.0. The first-order valence-corrected chi connectivity index (χ1v) is 19.6. The molecule has 2 aromatic carbocycles. The van der Waals surface area contributed by atoms with Gasteiger partial charge in [0.2, 0.25) is 11.8 Å². The molecule has 1 atom stereocenters. The summed E-state index contributed by atoms with van der Waals surface area (Å²) in [5.74, 6) is 0.470. The molecule has 1 saturated heterocycles. The molecule has 0 radical (unpaired) electrons. The zero-order valence-corrected chi connectivity index (χ0v) is 31.8. The molecule has 2 aliphatic heterocycles. The fourth-order valence-electron chi connectivity index (χ4n) is 7.82. The Morgan fingerprint density at radius 1 is 0.961 bits per heavy atom. The highest BCUT2D eigenvalue weighted by Crippen LogP contribution is 2.51. The minimum absolute atomic E-state index is 0.0572. The van der Waals surface area contributed by atoms with Gasteiger partial charge in [0.15, 0.2) is 0 Å². The van der Waals surface area contributed by atoms with Gasteiger partial charge in [-0.15, -0.1) is 0 Å². The van der Waals surface area contributed by atoms with Gasteiger partial charge in [-0.1, -0.05) is 65.8 Å². The Balaban J connectivity index is 1.40. The first-order chi connectivity index (χ1) is 24.1. The van der Waals surface area contributed by atoms with Crippen LogP contribution in [0.1, 0.15) is 108 Å². The van der Waals surface area contributed by atoms with Crippen molar-refractivity contribution in [1.82, 2.24) is 19.8 Å². The molecule has 3 aliphatic rings. The number of fused-ring (bicyclic) bond motifs is 4. The lowest BCUT2D eigenvalue weighted by molar-refractivity contribution is -0.104. The number of benzene rings is 2. The van der Waals surface area contributed by atoms with Crippen molar-refractivity contribution in [3.63, 3.8) is 0 Å². The number of anilines is 1. The topological polar surface area (TPSA) is 131 Å². The monoisotopic (exact) mass is 717 g/mol. The van der Waals surface area contributed by atoms with Gasteiger partial charge in [0.05, 0.1) is 22.7 Å². The van der Waals surface area contributed by atoms with Crippen molar-refractivity contribution in [2.75, 3.05) is 24.4 Å². The third-order valence-corrected chi connectivity index (χ3v) is 11.4. The molecule has 1 N–H and O–H groups in total. The summed E-state index contributed by atoms with van der Waals surface area (Å²) >= 11 is 0. The Kier molecular flexibility index (Phi) is 10.1. The summed E-state index contributed by atoms with van der Waals surface area (Å²) < 4.78 is 42.2. The average molecular weight is 718 g/mol. The Hall–Kier alpha value is -4.19. The van der Waals surface area contributed by atoms with Crippen LogP contribution in [0.3, 0.4) is 0 Å². The van der Waals surface area contributed by atoms with E-state index in [1.807, 2.05) is 24.8 Å². The Morgan fingerprint density at radius 3 is 2.22 bits per heavy atom. The number of hydrogen-bond acceptors (Lipinski definition) is 8. The van der Waals surface area contributed by atoms with Gasteiger partial charge in [-0.2, -0.15) is 4.98 Å². The van der Waals surface area contributed by atoms with E-state index in [4.69, 9.17) is 14.5 Å². The highest BCUT2D eigenvalue weighted by Gasteiger charge is 2.57. The van der Waals surface area contributed by atoms with Crippen molar-refractivity contribution in [2.45, 2.75) is 110 Å². The van der Waals surface area contributed by atoms with E-state index in [9.17, 15) is 18.0 Å². The lowest BCUT2D eigenvalue weighted by atomic mass is 9.60. The molecule has 0 unspecified atom stereocenters. The summed E-state index contributed by atoms with van der Waals surface area (Å²) in [5, 5.41) is 0. The minimum Gasteiger partial charge on any atom is -0.475 e. The summed E-state index contributed by atoms with van der Waals surface area (Å²) in [7, 11) is -4.18. The summed E-state index contributed by atoms with van der Waals surface area (Å²) in [6.07, 6.45) is 1.61. The van der Waals surface area contributed by atoms with Gasteiger partial charge in [0.25, 0.3) is 15.9 Å². The maximum absolute atomic E-state index is 14.5. The standard InChI is InChI=1S/C39H51N5O6S/c1-23(2)15-28-20-49-34-17-33(35-31(24(3)4)13-10-14-32(35)25(5)6)40-37(41-34)42-51(47,48)30-12-9-11-27(16-30)36(45)44(28)29-18-39(19-29)21-43(22-39)38(46)50-26(7)8/h9-14,16-17,23-26,28-29H,15,18-22H2,1-8H3,(H,40,41,42)/t28-/m1/s1. The van der Waals surface area contributed by atoms with Crippen molar-refractivity contribution in [3.8, 4) is 17.1 Å². The molecule has 2 fully saturated rings. The van der Waals surface area contributed by atoms with Crippen molar-refractivity contribution in [1.29, 1.82) is 0 Å². The van der Waals surface area contributed by atoms with E-state index in [0.717, 1.165) is 29.5 Å². The van der Waals surface area contributed by atoms with E-state index in [2.05, 4.69) is 63.4 Å². The number of nitrogens with zero attached hydrogens (tertiary/aromatic N) is 4. The Morgan fingerprint density at radius 2 is 1.61 bits per heavy atom. The van der Waals surface area contributed by atoms with Crippen LogP contribution in [0.5, 0.6) is 5.88 Å². The van der Waals surface area contributed by atoms with Gasteiger partial charge in [-0.05, 0) is 80.2 Å². The van der Waals surface area contributed by atoms with Crippen LogP contribution in [0.25, 0.3) is 11.3 Å². The molecule has 1 spiro atoms. The normalized spacial score (nSPS) is 19.9. The maximum atomic E-state index is 14.5. The van der Waals surface area contributed by atoms with Gasteiger partial charge in [-0.3, -0.25) is 4.79 Å². The van der Waals surface area contributed by atoms with Gasteiger partial charge in [0.1, 0.15) is 6.61 Å². The molecule has 11 nitrogen and oxygen atoms in total.